The summed E-state index contributed by atoms with van der Waals surface area (Å²) in [6.45, 7) is 1.28. The van der Waals surface area contributed by atoms with Crippen molar-refractivity contribution in [3.63, 3.8) is 0 Å². The van der Waals surface area contributed by atoms with Gasteiger partial charge in [-0.2, -0.15) is 0 Å². The number of nitrogens with one attached hydrogen (secondary N) is 1. The fraction of sp³-hybridized carbons (Fsp3) is 1.00. The van der Waals surface area contributed by atoms with Gasteiger partial charge < -0.3 is 5.32 Å². The van der Waals surface area contributed by atoms with Crippen LogP contribution in [0.25, 0.3) is 0 Å². The molecular formula is C6H11N. The highest BCUT2D eigenvalue weighted by molar-refractivity contribution is 4.95. The molecule has 0 aromatic heterocycles. The van der Waals surface area contributed by atoms with Gasteiger partial charge in [-0.1, -0.05) is 0 Å². The molecular weight excluding hydrogens is 86.1 g/mol. The molecule has 1 heterocycles. The second kappa shape index (κ2) is 1.22. The average Bonchev–Trinajstić information content (AvgIpc) is 2.41. The van der Waals surface area contributed by atoms with Crippen LogP contribution in [0.3, 0.4) is 0 Å². The molecule has 2 atom stereocenters. The van der Waals surface area contributed by atoms with Crippen LogP contribution in [0.1, 0.15) is 19.3 Å². The van der Waals surface area contributed by atoms with Gasteiger partial charge in [-0.15, -0.1) is 0 Å². The monoisotopic (exact) mass is 97.1 g/mol. The smallest absolute Gasteiger partial charge is 0.00991 e. The van der Waals surface area contributed by atoms with Gasteiger partial charge in [-0.3, -0.25) is 0 Å². The summed E-state index contributed by atoms with van der Waals surface area (Å²) in [5.74, 6) is 1.09. The zero-order chi connectivity index (χ0) is 4.69. The minimum Gasteiger partial charge on any atom is -0.314 e. The van der Waals surface area contributed by atoms with Crippen LogP contribution in [0.15, 0.2) is 0 Å². The molecule has 40 valence electrons. The van der Waals surface area contributed by atoms with E-state index in [9.17, 15) is 0 Å². The molecule has 2 fully saturated rings. The Labute approximate surface area is 44.1 Å². The first-order chi connectivity index (χ1) is 3.47. The van der Waals surface area contributed by atoms with Crippen LogP contribution in [-0.4, -0.2) is 12.6 Å². The molecule has 0 aromatic rings. The molecule has 0 unspecified atom stereocenters. The van der Waals surface area contributed by atoms with Crippen molar-refractivity contribution in [1.82, 2.24) is 5.32 Å². The van der Waals surface area contributed by atoms with E-state index in [1.54, 1.807) is 0 Å². The quantitative estimate of drug-likeness (QED) is 0.470. The van der Waals surface area contributed by atoms with Crippen LogP contribution in [0.4, 0.5) is 0 Å². The van der Waals surface area contributed by atoms with Crippen LogP contribution in [-0.2, 0) is 0 Å². The molecule has 2 aliphatic rings. The van der Waals surface area contributed by atoms with Gasteiger partial charge >= 0.3 is 0 Å². The predicted octanol–water partition coefficient (Wildman–Crippen LogP) is 0.758. The molecule has 1 saturated carbocycles. The normalized spacial score (nSPS) is 48.0. The van der Waals surface area contributed by atoms with Crippen molar-refractivity contribution in [3.8, 4) is 0 Å². The van der Waals surface area contributed by atoms with Crippen LogP contribution in [0, 0.1) is 5.92 Å². The Balaban J connectivity index is 1.95. The number of hydrogen-bond acceptors (Lipinski definition) is 1. The first-order valence-corrected chi connectivity index (χ1v) is 3.20. The van der Waals surface area contributed by atoms with E-state index in [4.69, 9.17) is 0 Å². The zero-order valence-corrected chi connectivity index (χ0v) is 4.48. The molecule has 0 spiro atoms. The minimum atomic E-state index is 0.953. The zero-order valence-electron chi connectivity index (χ0n) is 4.48. The van der Waals surface area contributed by atoms with Gasteiger partial charge in [0.25, 0.3) is 0 Å². The van der Waals surface area contributed by atoms with Gasteiger partial charge in [0.05, 0.1) is 0 Å². The molecule has 1 aliphatic heterocycles. The molecule has 1 nitrogen and oxygen atoms in total. The van der Waals surface area contributed by atoms with E-state index >= 15 is 0 Å². The van der Waals surface area contributed by atoms with E-state index in [2.05, 4.69) is 5.32 Å². The first kappa shape index (κ1) is 3.90. The second-order valence-electron chi connectivity index (χ2n) is 2.70. The summed E-state index contributed by atoms with van der Waals surface area (Å²) in [7, 11) is 0. The van der Waals surface area contributed by atoms with E-state index in [0.29, 0.717) is 0 Å². The molecule has 1 heteroatoms. The van der Waals surface area contributed by atoms with Gasteiger partial charge in [-0.25, -0.2) is 0 Å². The maximum Gasteiger partial charge on any atom is 0.00991 e. The van der Waals surface area contributed by atoms with Crippen molar-refractivity contribution in [2.45, 2.75) is 25.3 Å². The molecule has 0 bridgehead atoms. The van der Waals surface area contributed by atoms with E-state index in [0.717, 1.165) is 12.0 Å². The maximum atomic E-state index is 3.46. The van der Waals surface area contributed by atoms with Crippen LogP contribution < -0.4 is 5.32 Å². The van der Waals surface area contributed by atoms with E-state index < -0.39 is 0 Å². The Kier molecular flexibility index (Phi) is 0.680. The number of piperidine rings is 1. The third-order valence-corrected chi connectivity index (χ3v) is 2.08. The summed E-state index contributed by atoms with van der Waals surface area (Å²) in [5, 5.41) is 3.46. The third kappa shape index (κ3) is 0.556. The van der Waals surface area contributed by atoms with Gasteiger partial charge in [0, 0.05) is 6.04 Å². The molecule has 0 radical (unpaired) electrons. The lowest BCUT2D eigenvalue weighted by atomic mass is 10.2. The summed E-state index contributed by atoms with van der Waals surface area (Å²) < 4.78 is 0. The molecule has 1 N–H and O–H groups in total. The van der Waals surface area contributed by atoms with Crippen molar-refractivity contribution in [2.75, 3.05) is 6.54 Å². The van der Waals surface area contributed by atoms with Crippen molar-refractivity contribution in [3.05, 3.63) is 0 Å². The topological polar surface area (TPSA) is 12.0 Å². The highest BCUT2D eigenvalue weighted by Gasteiger charge is 2.37. The second-order valence-corrected chi connectivity index (χ2v) is 2.70. The lowest BCUT2D eigenvalue weighted by Crippen LogP contribution is -2.23. The fourth-order valence-corrected chi connectivity index (χ4v) is 1.47. The van der Waals surface area contributed by atoms with Gasteiger partial charge in [0.15, 0.2) is 0 Å². The summed E-state index contributed by atoms with van der Waals surface area (Å²) in [6, 6.07) is 0.953. The van der Waals surface area contributed by atoms with Crippen LogP contribution in [0.5, 0.6) is 0 Å². The lowest BCUT2D eigenvalue weighted by Gasteiger charge is -2.08. The summed E-state index contributed by atoms with van der Waals surface area (Å²) in [5.41, 5.74) is 0. The molecule has 7 heavy (non-hydrogen) atoms. The summed E-state index contributed by atoms with van der Waals surface area (Å²) in [6.07, 6.45) is 4.39. The molecule has 0 aromatic carbocycles. The molecule has 1 aliphatic carbocycles. The molecule has 2 rings (SSSR count). The maximum absolute atomic E-state index is 3.46. The van der Waals surface area contributed by atoms with E-state index in [1.807, 2.05) is 0 Å². The third-order valence-electron chi connectivity index (χ3n) is 2.08. The minimum absolute atomic E-state index is 0.953. The Hall–Kier alpha value is -0.0400. The van der Waals surface area contributed by atoms with Crippen molar-refractivity contribution in [2.24, 2.45) is 5.92 Å². The highest BCUT2D eigenvalue weighted by atomic mass is 15.0. The summed E-state index contributed by atoms with van der Waals surface area (Å²) in [4.78, 5) is 0. The van der Waals surface area contributed by atoms with Crippen molar-refractivity contribution < 1.29 is 0 Å². The highest BCUT2D eigenvalue weighted by Crippen LogP contribution is 2.36. The Morgan fingerprint density at radius 1 is 1.43 bits per heavy atom. The largest absolute Gasteiger partial charge is 0.314 e. The number of hydrogen-bond donors (Lipinski definition) is 1. The SMILES string of the molecule is C1CN[C@@H]2C[C@@H]2C1. The van der Waals surface area contributed by atoms with Crippen molar-refractivity contribution >= 4 is 0 Å². The Morgan fingerprint density at radius 2 is 2.43 bits per heavy atom. The van der Waals surface area contributed by atoms with E-state index in [1.165, 1.54) is 25.8 Å². The van der Waals surface area contributed by atoms with Gasteiger partial charge in [0.1, 0.15) is 0 Å². The van der Waals surface area contributed by atoms with Crippen molar-refractivity contribution in [1.29, 1.82) is 0 Å². The van der Waals surface area contributed by atoms with Gasteiger partial charge in [-0.05, 0) is 31.7 Å². The molecule has 0 amide bonds. The first-order valence-electron chi connectivity index (χ1n) is 3.20. The lowest BCUT2D eigenvalue weighted by molar-refractivity contribution is 0.505. The Morgan fingerprint density at radius 3 is 3.00 bits per heavy atom. The van der Waals surface area contributed by atoms with Gasteiger partial charge in [0.2, 0.25) is 0 Å². The predicted molar refractivity (Wildman–Crippen MR) is 29.1 cm³/mol. The van der Waals surface area contributed by atoms with Crippen LogP contribution in [0.2, 0.25) is 0 Å². The van der Waals surface area contributed by atoms with E-state index in [-0.39, 0.29) is 0 Å². The number of rotatable bonds is 0. The standard InChI is InChI=1S/C6H11N/c1-2-5-4-6(5)7-3-1/h5-7H,1-4H2/t5-,6+/m0/s1. The average molecular weight is 97.2 g/mol. The molecule has 1 saturated heterocycles. The fourth-order valence-electron chi connectivity index (χ4n) is 1.47. The van der Waals surface area contributed by atoms with Crippen LogP contribution >= 0.6 is 0 Å². The Bertz CT molecular complexity index is 70.2. The number of fused-ring (bicyclic) bond motifs is 1. The summed E-state index contributed by atoms with van der Waals surface area (Å²) >= 11 is 0.